The molecule has 0 aliphatic carbocycles. The average molecular weight is 264 g/mol. The Morgan fingerprint density at radius 1 is 1.32 bits per heavy atom. The third-order valence-corrected chi connectivity index (χ3v) is 2.95. The number of carboxylic acids is 1. The van der Waals surface area contributed by atoms with Crippen molar-refractivity contribution in [3.05, 3.63) is 35.9 Å². The van der Waals surface area contributed by atoms with Crippen molar-refractivity contribution in [2.75, 3.05) is 0 Å². The van der Waals surface area contributed by atoms with Crippen LogP contribution in [0.3, 0.4) is 0 Å². The maximum Gasteiger partial charge on any atom is 0.408 e. The number of carbonyl (C=O) groups excluding carboxylic acids is 2. The molecule has 0 radical (unpaired) electrons. The van der Waals surface area contributed by atoms with E-state index in [4.69, 9.17) is 4.74 Å². The van der Waals surface area contributed by atoms with Crippen molar-refractivity contribution in [1.29, 1.82) is 0 Å². The number of alkyl carbamates (subject to hydrolysis) is 1. The van der Waals surface area contributed by atoms with Crippen molar-refractivity contribution < 1.29 is 19.4 Å². The number of aliphatic carboxylic acids is 1. The van der Waals surface area contributed by atoms with Crippen LogP contribution in [-0.4, -0.2) is 18.1 Å². The Morgan fingerprint density at radius 2 is 1.95 bits per heavy atom. The van der Waals surface area contributed by atoms with Crippen LogP contribution in [0.15, 0.2) is 30.3 Å². The highest BCUT2D eigenvalue weighted by Gasteiger charge is 2.19. The second kappa shape index (κ2) is 7.41. The fourth-order valence-electron chi connectivity index (χ4n) is 1.56. The maximum absolute atomic E-state index is 11.5. The average Bonchev–Trinajstić information content (AvgIpc) is 2.42. The first-order chi connectivity index (χ1) is 9.04. The first-order valence-electron chi connectivity index (χ1n) is 6.22. The number of ether oxygens (including phenoxy) is 1. The fraction of sp³-hybridized carbons (Fsp3) is 0.429. The monoisotopic (exact) mass is 264 g/mol. The third-order valence-electron chi connectivity index (χ3n) is 2.95. The highest BCUT2D eigenvalue weighted by Crippen LogP contribution is 2.08. The molecule has 0 aromatic heterocycles. The summed E-state index contributed by atoms with van der Waals surface area (Å²) in [5, 5.41) is 13.2. The minimum absolute atomic E-state index is 0.104. The minimum Gasteiger partial charge on any atom is -0.548 e. The first-order valence-corrected chi connectivity index (χ1v) is 6.22. The summed E-state index contributed by atoms with van der Waals surface area (Å²) in [4.78, 5) is 22.5. The lowest BCUT2D eigenvalue weighted by Crippen LogP contribution is -2.51. The lowest BCUT2D eigenvalue weighted by molar-refractivity contribution is -0.309. The van der Waals surface area contributed by atoms with E-state index in [0.717, 1.165) is 5.56 Å². The lowest BCUT2D eigenvalue weighted by atomic mass is 10.00. The van der Waals surface area contributed by atoms with Crippen molar-refractivity contribution >= 4 is 12.1 Å². The Balaban J connectivity index is 2.47. The summed E-state index contributed by atoms with van der Waals surface area (Å²) < 4.78 is 4.96. The summed E-state index contributed by atoms with van der Waals surface area (Å²) in [5.41, 5.74) is 0.839. The lowest BCUT2D eigenvalue weighted by Gasteiger charge is -2.24. The Hall–Kier alpha value is -2.04. The van der Waals surface area contributed by atoms with Gasteiger partial charge in [0.15, 0.2) is 0 Å². The summed E-state index contributed by atoms with van der Waals surface area (Å²) in [6.07, 6.45) is -0.129. The molecule has 5 nitrogen and oxygen atoms in total. The van der Waals surface area contributed by atoms with Crippen molar-refractivity contribution in [1.82, 2.24) is 5.32 Å². The van der Waals surface area contributed by atoms with Crippen molar-refractivity contribution in [3.8, 4) is 0 Å². The van der Waals surface area contributed by atoms with Crippen LogP contribution in [0.5, 0.6) is 0 Å². The highest BCUT2D eigenvalue weighted by atomic mass is 16.5. The number of carbonyl (C=O) groups is 2. The molecule has 0 spiro atoms. The largest absolute Gasteiger partial charge is 0.548 e. The molecule has 104 valence electrons. The summed E-state index contributed by atoms with van der Waals surface area (Å²) >= 11 is 0. The van der Waals surface area contributed by atoms with E-state index < -0.39 is 18.1 Å². The van der Waals surface area contributed by atoms with Gasteiger partial charge in [-0.3, -0.25) is 0 Å². The zero-order valence-corrected chi connectivity index (χ0v) is 11.1. The molecule has 5 heteroatoms. The number of rotatable bonds is 6. The van der Waals surface area contributed by atoms with Crippen LogP contribution in [0, 0.1) is 5.92 Å². The maximum atomic E-state index is 11.5. The number of hydrogen-bond donors (Lipinski definition) is 1. The van der Waals surface area contributed by atoms with Crippen molar-refractivity contribution in [2.24, 2.45) is 5.92 Å². The number of amides is 1. The molecular weight excluding hydrogens is 246 g/mol. The minimum atomic E-state index is -1.30. The van der Waals surface area contributed by atoms with Gasteiger partial charge < -0.3 is 20.0 Å². The standard InChI is InChI=1S/C14H19NO4/c1-3-10(2)12(13(16)17)15-14(18)19-9-11-7-5-4-6-8-11/h4-8,10,12H,3,9H2,1-2H3,(H,15,18)(H,16,17)/p-1/t10-,12-/m0/s1. The van der Waals surface area contributed by atoms with Gasteiger partial charge in [-0.2, -0.15) is 0 Å². The van der Waals surface area contributed by atoms with E-state index in [1.165, 1.54) is 0 Å². The molecule has 0 aliphatic rings. The smallest absolute Gasteiger partial charge is 0.408 e. The van der Waals surface area contributed by atoms with Crippen molar-refractivity contribution in [3.63, 3.8) is 0 Å². The SMILES string of the molecule is CC[C@H](C)[C@H](NC(=O)OCc1ccccc1)C(=O)[O-]. The highest BCUT2D eigenvalue weighted by molar-refractivity contribution is 5.78. The normalized spacial score (nSPS) is 13.4. The van der Waals surface area contributed by atoms with Crippen LogP contribution in [-0.2, 0) is 16.1 Å². The van der Waals surface area contributed by atoms with Gasteiger partial charge in [-0.15, -0.1) is 0 Å². The van der Waals surface area contributed by atoms with E-state index in [1.54, 1.807) is 6.92 Å². The Bertz CT molecular complexity index is 419. The first kappa shape index (κ1) is 15.0. The molecule has 0 bridgehead atoms. The second-order valence-electron chi connectivity index (χ2n) is 4.39. The topological polar surface area (TPSA) is 78.5 Å². The van der Waals surface area contributed by atoms with E-state index >= 15 is 0 Å². The van der Waals surface area contributed by atoms with Crippen LogP contribution in [0.25, 0.3) is 0 Å². The van der Waals surface area contributed by atoms with Gasteiger partial charge in [-0.1, -0.05) is 50.6 Å². The van der Waals surface area contributed by atoms with Crippen LogP contribution >= 0.6 is 0 Å². The van der Waals surface area contributed by atoms with E-state index in [2.05, 4.69) is 5.32 Å². The van der Waals surface area contributed by atoms with E-state index in [-0.39, 0.29) is 12.5 Å². The van der Waals surface area contributed by atoms with Crippen LogP contribution in [0.1, 0.15) is 25.8 Å². The zero-order valence-electron chi connectivity index (χ0n) is 11.1. The summed E-state index contributed by atoms with van der Waals surface area (Å²) in [7, 11) is 0. The molecule has 1 N–H and O–H groups in total. The van der Waals surface area contributed by atoms with Crippen LogP contribution < -0.4 is 10.4 Å². The van der Waals surface area contributed by atoms with E-state index in [0.29, 0.717) is 6.42 Å². The third kappa shape index (κ3) is 4.99. The van der Waals surface area contributed by atoms with E-state index in [1.807, 2.05) is 37.3 Å². The van der Waals surface area contributed by atoms with Crippen LogP contribution in [0.2, 0.25) is 0 Å². The van der Waals surface area contributed by atoms with Crippen LogP contribution in [0.4, 0.5) is 4.79 Å². The molecule has 0 aliphatic heterocycles. The zero-order chi connectivity index (χ0) is 14.3. The summed E-state index contributed by atoms with van der Waals surface area (Å²) in [6, 6.07) is 8.13. The molecule has 1 amide bonds. The molecular formula is C14H18NO4-. The number of carboxylic acid groups (broad SMARTS) is 1. The molecule has 1 aromatic rings. The molecule has 0 saturated carbocycles. The van der Waals surface area contributed by atoms with Gasteiger partial charge in [0.25, 0.3) is 0 Å². The molecule has 2 atom stereocenters. The number of benzene rings is 1. The van der Waals surface area contributed by atoms with Gasteiger partial charge in [0.1, 0.15) is 6.61 Å². The van der Waals surface area contributed by atoms with Gasteiger partial charge in [0.2, 0.25) is 0 Å². The summed E-state index contributed by atoms with van der Waals surface area (Å²) in [6.45, 7) is 3.68. The summed E-state index contributed by atoms with van der Waals surface area (Å²) in [5.74, 6) is -1.51. The molecule has 19 heavy (non-hydrogen) atoms. The molecule has 1 rings (SSSR count). The quantitative estimate of drug-likeness (QED) is 0.833. The predicted molar refractivity (Wildman–Crippen MR) is 68.0 cm³/mol. The number of nitrogens with one attached hydrogen (secondary N) is 1. The van der Waals surface area contributed by atoms with Crippen molar-refractivity contribution in [2.45, 2.75) is 32.9 Å². The molecule has 0 heterocycles. The second-order valence-corrected chi connectivity index (χ2v) is 4.39. The number of hydrogen-bond acceptors (Lipinski definition) is 4. The predicted octanol–water partition coefficient (Wildman–Crippen LogP) is 1.08. The van der Waals surface area contributed by atoms with Gasteiger partial charge in [-0.25, -0.2) is 4.79 Å². The van der Waals surface area contributed by atoms with Gasteiger partial charge in [-0.05, 0) is 11.5 Å². The Labute approximate surface area is 112 Å². The molecule has 0 unspecified atom stereocenters. The Morgan fingerprint density at radius 3 is 2.47 bits per heavy atom. The van der Waals surface area contributed by atoms with Gasteiger partial charge in [0.05, 0.1) is 12.0 Å². The fourth-order valence-corrected chi connectivity index (χ4v) is 1.56. The Kier molecular flexibility index (Phi) is 5.85. The molecule has 0 saturated heterocycles. The van der Waals surface area contributed by atoms with Gasteiger partial charge in [0, 0.05) is 0 Å². The van der Waals surface area contributed by atoms with E-state index in [9.17, 15) is 14.7 Å². The van der Waals surface area contributed by atoms with Gasteiger partial charge >= 0.3 is 6.09 Å². The molecule has 0 fully saturated rings. The molecule has 1 aromatic carbocycles.